The fraction of sp³-hybridized carbons (Fsp3) is 0.250. The largest absolute Gasteiger partial charge is 0.210 e. The van der Waals surface area contributed by atoms with Crippen LogP contribution < -0.4 is 0 Å². The van der Waals surface area contributed by atoms with E-state index in [1.807, 2.05) is 35.0 Å². The van der Waals surface area contributed by atoms with Crippen LogP contribution in [0, 0.1) is 13.8 Å². The molecular formula is C8H8N6. The van der Waals surface area contributed by atoms with Crippen LogP contribution in [0.2, 0.25) is 0 Å². The highest BCUT2D eigenvalue weighted by atomic mass is 15.5. The molecule has 3 aromatic rings. The third kappa shape index (κ3) is 0.748. The number of rotatable bonds is 0. The quantitative estimate of drug-likeness (QED) is 0.512. The highest BCUT2D eigenvalue weighted by molar-refractivity contribution is 5.46. The van der Waals surface area contributed by atoms with E-state index in [9.17, 15) is 0 Å². The first kappa shape index (κ1) is 7.43. The predicted octanol–water partition coefficient (Wildman–Crippen LogP) is 0.389. The van der Waals surface area contributed by atoms with Crippen molar-refractivity contribution in [2.75, 3.05) is 0 Å². The lowest BCUT2D eigenvalue weighted by Gasteiger charge is -2.00. The van der Waals surface area contributed by atoms with Gasteiger partial charge in [-0.25, -0.2) is 9.03 Å². The van der Waals surface area contributed by atoms with Crippen molar-refractivity contribution in [1.82, 2.24) is 29.4 Å². The van der Waals surface area contributed by atoms with Gasteiger partial charge in [-0.3, -0.25) is 0 Å². The lowest BCUT2D eigenvalue weighted by atomic mass is 10.5. The maximum Gasteiger partial charge on any atom is 0.176 e. The second kappa shape index (κ2) is 2.28. The molecular weight excluding hydrogens is 180 g/mol. The minimum atomic E-state index is 0.804. The van der Waals surface area contributed by atoms with Crippen molar-refractivity contribution in [1.29, 1.82) is 0 Å². The van der Waals surface area contributed by atoms with Gasteiger partial charge in [-0.2, -0.15) is 0 Å². The summed E-state index contributed by atoms with van der Waals surface area (Å²) in [6, 6.07) is 3.76. The van der Waals surface area contributed by atoms with Crippen molar-refractivity contribution in [3.63, 3.8) is 0 Å². The van der Waals surface area contributed by atoms with Gasteiger partial charge in [-0.15, -0.1) is 20.4 Å². The zero-order valence-electron chi connectivity index (χ0n) is 7.84. The van der Waals surface area contributed by atoms with E-state index < -0.39 is 0 Å². The molecule has 6 heteroatoms. The summed E-state index contributed by atoms with van der Waals surface area (Å²) in [6.45, 7) is 3.80. The second-order valence-corrected chi connectivity index (χ2v) is 3.17. The Hall–Kier alpha value is -1.98. The van der Waals surface area contributed by atoms with E-state index in [4.69, 9.17) is 0 Å². The van der Waals surface area contributed by atoms with E-state index >= 15 is 0 Å². The number of hydrogen-bond donors (Lipinski definition) is 0. The molecule has 3 rings (SSSR count). The Kier molecular flexibility index (Phi) is 1.21. The Morgan fingerprint density at radius 3 is 1.64 bits per heavy atom. The normalized spacial score (nSPS) is 11.6. The van der Waals surface area contributed by atoms with Crippen LogP contribution in [0.5, 0.6) is 0 Å². The number of aryl methyl sites for hydroxylation is 2. The first-order valence-electron chi connectivity index (χ1n) is 4.30. The summed E-state index contributed by atoms with van der Waals surface area (Å²) in [6.07, 6.45) is 0. The summed E-state index contributed by atoms with van der Waals surface area (Å²) in [5.74, 6) is 1.65. The van der Waals surface area contributed by atoms with Gasteiger partial charge in [0, 0.05) is 0 Å². The van der Waals surface area contributed by atoms with Crippen LogP contribution in [0.25, 0.3) is 11.3 Å². The van der Waals surface area contributed by atoms with Crippen LogP contribution in [-0.4, -0.2) is 29.4 Å². The van der Waals surface area contributed by atoms with Crippen LogP contribution in [-0.2, 0) is 0 Å². The van der Waals surface area contributed by atoms with E-state index in [1.54, 1.807) is 0 Å². The second-order valence-electron chi connectivity index (χ2n) is 3.17. The molecule has 3 heterocycles. The number of aromatic nitrogens is 6. The molecule has 0 atom stereocenters. The molecule has 70 valence electrons. The van der Waals surface area contributed by atoms with Gasteiger partial charge in [-0.05, 0) is 26.0 Å². The van der Waals surface area contributed by atoms with Gasteiger partial charge in [0.05, 0.1) is 0 Å². The van der Waals surface area contributed by atoms with E-state index in [-0.39, 0.29) is 0 Å². The average Bonchev–Trinajstić information content (AvgIpc) is 2.72. The molecule has 0 amide bonds. The summed E-state index contributed by atoms with van der Waals surface area (Å²) in [5.41, 5.74) is 1.61. The lowest BCUT2D eigenvalue weighted by molar-refractivity contribution is 0.778. The van der Waals surface area contributed by atoms with Crippen LogP contribution >= 0.6 is 0 Å². The lowest BCUT2D eigenvalue weighted by Crippen LogP contribution is -2.03. The highest BCUT2D eigenvalue weighted by Gasteiger charge is 2.08. The summed E-state index contributed by atoms with van der Waals surface area (Å²) in [5, 5.41) is 16.1. The molecule has 0 aliphatic carbocycles. The standard InChI is InChI=1S/C8H8N6/c1-5-9-11-7-3-4-8-12-10-6(2)14(8)13(5)7/h3-4H,1-2H3. The number of nitrogens with zero attached hydrogens (tertiary/aromatic N) is 6. The van der Waals surface area contributed by atoms with E-state index in [0.717, 1.165) is 22.9 Å². The topological polar surface area (TPSA) is 60.4 Å². The molecule has 0 aromatic carbocycles. The van der Waals surface area contributed by atoms with E-state index in [1.165, 1.54) is 0 Å². The molecule has 0 saturated heterocycles. The van der Waals surface area contributed by atoms with Crippen molar-refractivity contribution in [2.24, 2.45) is 0 Å². The Bertz CT molecular complexity index is 564. The van der Waals surface area contributed by atoms with Gasteiger partial charge in [-0.1, -0.05) is 0 Å². The molecule has 0 aliphatic heterocycles. The Morgan fingerprint density at radius 2 is 1.21 bits per heavy atom. The first-order valence-corrected chi connectivity index (χ1v) is 4.30. The third-order valence-corrected chi connectivity index (χ3v) is 2.22. The average molecular weight is 188 g/mol. The molecule has 0 N–H and O–H groups in total. The molecule has 14 heavy (non-hydrogen) atoms. The Morgan fingerprint density at radius 1 is 0.786 bits per heavy atom. The molecule has 0 fully saturated rings. The van der Waals surface area contributed by atoms with E-state index in [2.05, 4.69) is 20.4 Å². The molecule has 0 unspecified atom stereocenters. The fourth-order valence-electron chi connectivity index (χ4n) is 1.60. The zero-order chi connectivity index (χ0) is 9.71. The van der Waals surface area contributed by atoms with Crippen molar-refractivity contribution >= 4 is 11.3 Å². The van der Waals surface area contributed by atoms with Gasteiger partial charge in [0.25, 0.3) is 0 Å². The van der Waals surface area contributed by atoms with Gasteiger partial charge >= 0.3 is 0 Å². The van der Waals surface area contributed by atoms with Crippen LogP contribution in [0.3, 0.4) is 0 Å². The molecule has 0 aliphatic rings. The molecule has 0 saturated carbocycles. The maximum atomic E-state index is 4.03. The minimum absolute atomic E-state index is 0.804. The molecule has 0 bridgehead atoms. The Balaban J connectivity index is 2.70. The van der Waals surface area contributed by atoms with Crippen molar-refractivity contribution < 1.29 is 0 Å². The van der Waals surface area contributed by atoms with Crippen LogP contribution in [0.1, 0.15) is 11.6 Å². The van der Waals surface area contributed by atoms with Gasteiger partial charge < -0.3 is 0 Å². The fourth-order valence-corrected chi connectivity index (χ4v) is 1.60. The van der Waals surface area contributed by atoms with Crippen molar-refractivity contribution in [3.05, 3.63) is 23.8 Å². The molecule has 0 spiro atoms. The summed E-state index contributed by atoms with van der Waals surface area (Å²) in [4.78, 5) is 0. The summed E-state index contributed by atoms with van der Waals surface area (Å²) in [7, 11) is 0. The summed E-state index contributed by atoms with van der Waals surface area (Å²) >= 11 is 0. The predicted molar refractivity (Wildman–Crippen MR) is 49.0 cm³/mol. The monoisotopic (exact) mass is 188 g/mol. The van der Waals surface area contributed by atoms with E-state index in [0.29, 0.717) is 0 Å². The maximum absolute atomic E-state index is 4.03. The summed E-state index contributed by atoms with van der Waals surface area (Å²) < 4.78 is 3.79. The molecule has 3 aromatic heterocycles. The number of fused-ring (bicyclic) bond motifs is 3. The first-order chi connectivity index (χ1) is 6.77. The zero-order valence-corrected chi connectivity index (χ0v) is 7.84. The molecule has 0 radical (unpaired) electrons. The SMILES string of the molecule is Cc1nnc2ccc3nnc(C)n3n12. The van der Waals surface area contributed by atoms with Gasteiger partial charge in [0.1, 0.15) is 11.6 Å². The smallest absolute Gasteiger partial charge is 0.176 e. The highest BCUT2D eigenvalue weighted by Crippen LogP contribution is 2.07. The van der Waals surface area contributed by atoms with Gasteiger partial charge in [0.2, 0.25) is 0 Å². The van der Waals surface area contributed by atoms with Crippen LogP contribution in [0.4, 0.5) is 0 Å². The van der Waals surface area contributed by atoms with Gasteiger partial charge in [0.15, 0.2) is 11.3 Å². The minimum Gasteiger partial charge on any atom is -0.210 e. The number of hydrogen-bond acceptors (Lipinski definition) is 4. The van der Waals surface area contributed by atoms with Crippen molar-refractivity contribution in [2.45, 2.75) is 13.8 Å². The Labute approximate surface area is 79.2 Å². The van der Waals surface area contributed by atoms with Crippen molar-refractivity contribution in [3.8, 4) is 0 Å². The van der Waals surface area contributed by atoms with Crippen LogP contribution in [0.15, 0.2) is 12.1 Å². The third-order valence-electron chi connectivity index (χ3n) is 2.22. The molecule has 6 nitrogen and oxygen atoms in total.